The van der Waals surface area contributed by atoms with Gasteiger partial charge in [0.25, 0.3) is 0 Å². The second-order valence-corrected chi connectivity index (χ2v) is 3.82. The number of aromatic nitrogens is 2. The molecule has 2 aromatic rings. The van der Waals surface area contributed by atoms with Gasteiger partial charge in [-0.1, -0.05) is 30.3 Å². The minimum absolute atomic E-state index is 0.0617. The van der Waals surface area contributed by atoms with Crippen LogP contribution in [0, 0.1) is 10.1 Å². The SMILES string of the molecule is Cn1nc(-c2ccccc2)cc1CC[N+](=O)[O-]. The highest BCUT2D eigenvalue weighted by Gasteiger charge is 2.09. The largest absolute Gasteiger partial charge is 0.272 e. The molecule has 88 valence electrons. The van der Waals surface area contributed by atoms with Crippen molar-refractivity contribution in [2.45, 2.75) is 6.42 Å². The van der Waals surface area contributed by atoms with Crippen LogP contribution in [0.4, 0.5) is 0 Å². The maximum absolute atomic E-state index is 10.3. The van der Waals surface area contributed by atoms with Gasteiger partial charge in [0.05, 0.1) is 12.1 Å². The van der Waals surface area contributed by atoms with Gasteiger partial charge in [-0.15, -0.1) is 0 Å². The number of nitro groups is 1. The van der Waals surface area contributed by atoms with Crippen LogP contribution in [-0.2, 0) is 13.5 Å². The second-order valence-electron chi connectivity index (χ2n) is 3.82. The number of hydrogen-bond donors (Lipinski definition) is 0. The fourth-order valence-corrected chi connectivity index (χ4v) is 1.70. The lowest BCUT2D eigenvalue weighted by Crippen LogP contribution is -2.07. The molecular weight excluding hydrogens is 218 g/mol. The van der Waals surface area contributed by atoms with Crippen LogP contribution in [0.2, 0.25) is 0 Å². The zero-order valence-electron chi connectivity index (χ0n) is 9.54. The Hall–Kier alpha value is -2.17. The fraction of sp³-hybridized carbons (Fsp3) is 0.250. The Morgan fingerprint density at radius 3 is 2.71 bits per heavy atom. The first-order chi connectivity index (χ1) is 8.16. The van der Waals surface area contributed by atoms with Crippen molar-refractivity contribution < 1.29 is 4.92 Å². The minimum atomic E-state index is -0.310. The zero-order valence-corrected chi connectivity index (χ0v) is 9.54. The van der Waals surface area contributed by atoms with Gasteiger partial charge in [0.2, 0.25) is 6.54 Å². The van der Waals surface area contributed by atoms with Crippen molar-refractivity contribution in [2.75, 3.05) is 6.54 Å². The van der Waals surface area contributed by atoms with Gasteiger partial charge < -0.3 is 0 Å². The van der Waals surface area contributed by atoms with E-state index < -0.39 is 0 Å². The van der Waals surface area contributed by atoms with Gasteiger partial charge in [0.15, 0.2) is 0 Å². The molecule has 5 heteroatoms. The molecule has 0 aliphatic rings. The smallest absolute Gasteiger partial charge is 0.209 e. The predicted molar refractivity (Wildman–Crippen MR) is 64.2 cm³/mol. The molecule has 0 aliphatic carbocycles. The summed E-state index contributed by atoms with van der Waals surface area (Å²) < 4.78 is 1.70. The molecule has 0 fully saturated rings. The molecule has 0 radical (unpaired) electrons. The highest BCUT2D eigenvalue weighted by Crippen LogP contribution is 2.18. The van der Waals surface area contributed by atoms with E-state index in [2.05, 4.69) is 5.10 Å². The second kappa shape index (κ2) is 4.78. The Morgan fingerprint density at radius 1 is 1.35 bits per heavy atom. The summed E-state index contributed by atoms with van der Waals surface area (Å²) in [4.78, 5) is 10.0. The lowest BCUT2D eigenvalue weighted by atomic mass is 10.1. The highest BCUT2D eigenvalue weighted by atomic mass is 16.6. The predicted octanol–water partition coefficient (Wildman–Crippen LogP) is 1.91. The summed E-state index contributed by atoms with van der Waals surface area (Å²) in [5, 5.41) is 14.7. The van der Waals surface area contributed by atoms with Crippen molar-refractivity contribution in [1.29, 1.82) is 0 Å². The lowest BCUT2D eigenvalue weighted by Gasteiger charge is -1.96. The van der Waals surface area contributed by atoms with E-state index >= 15 is 0 Å². The topological polar surface area (TPSA) is 61.0 Å². The third-order valence-corrected chi connectivity index (χ3v) is 2.60. The Kier molecular flexibility index (Phi) is 3.18. The van der Waals surface area contributed by atoms with E-state index in [1.807, 2.05) is 43.4 Å². The number of rotatable bonds is 4. The molecule has 0 aliphatic heterocycles. The van der Waals surface area contributed by atoms with E-state index in [-0.39, 0.29) is 11.5 Å². The molecule has 0 amide bonds. The normalized spacial score (nSPS) is 10.4. The molecule has 0 unspecified atom stereocenters. The summed E-state index contributed by atoms with van der Waals surface area (Å²) in [5.41, 5.74) is 2.75. The van der Waals surface area contributed by atoms with Gasteiger partial charge in [-0.3, -0.25) is 14.8 Å². The van der Waals surface area contributed by atoms with Crippen LogP contribution in [0.5, 0.6) is 0 Å². The van der Waals surface area contributed by atoms with Crippen LogP contribution >= 0.6 is 0 Å². The number of aryl methyl sites for hydroxylation is 1. The monoisotopic (exact) mass is 231 g/mol. The number of nitrogens with zero attached hydrogens (tertiary/aromatic N) is 3. The van der Waals surface area contributed by atoms with Crippen LogP contribution in [0.1, 0.15) is 5.69 Å². The molecular formula is C12H13N3O2. The third kappa shape index (κ3) is 2.69. The maximum Gasteiger partial charge on any atom is 0.209 e. The van der Waals surface area contributed by atoms with Crippen molar-refractivity contribution in [1.82, 2.24) is 9.78 Å². The summed E-state index contributed by atoms with van der Waals surface area (Å²) in [5.74, 6) is 0. The molecule has 0 N–H and O–H groups in total. The van der Waals surface area contributed by atoms with E-state index in [0.29, 0.717) is 6.42 Å². The molecule has 0 bridgehead atoms. The van der Waals surface area contributed by atoms with Crippen molar-refractivity contribution in [3.05, 3.63) is 52.2 Å². The van der Waals surface area contributed by atoms with Crippen molar-refractivity contribution in [2.24, 2.45) is 7.05 Å². The molecule has 1 aromatic heterocycles. The number of hydrogen-bond acceptors (Lipinski definition) is 3. The van der Waals surface area contributed by atoms with Crippen molar-refractivity contribution in [3.8, 4) is 11.3 Å². The van der Waals surface area contributed by atoms with Gasteiger partial charge in [-0.25, -0.2) is 0 Å². The summed E-state index contributed by atoms with van der Waals surface area (Å²) in [6.45, 7) is -0.0617. The molecule has 0 saturated heterocycles. The van der Waals surface area contributed by atoms with Crippen molar-refractivity contribution >= 4 is 0 Å². The quantitative estimate of drug-likeness (QED) is 0.596. The molecule has 1 heterocycles. The standard InChI is InChI=1S/C12H13N3O2/c1-14-11(7-8-15(16)17)9-12(13-14)10-5-3-2-4-6-10/h2-6,9H,7-8H2,1H3. The Labute approximate surface area is 98.8 Å². The Morgan fingerprint density at radius 2 is 2.06 bits per heavy atom. The van der Waals surface area contributed by atoms with E-state index in [0.717, 1.165) is 17.0 Å². The van der Waals surface area contributed by atoms with Crippen LogP contribution in [-0.4, -0.2) is 21.2 Å². The van der Waals surface area contributed by atoms with Crippen molar-refractivity contribution in [3.63, 3.8) is 0 Å². The number of benzene rings is 1. The third-order valence-electron chi connectivity index (χ3n) is 2.60. The fourth-order valence-electron chi connectivity index (χ4n) is 1.70. The molecule has 17 heavy (non-hydrogen) atoms. The van der Waals surface area contributed by atoms with E-state index in [1.165, 1.54) is 0 Å². The zero-order chi connectivity index (χ0) is 12.3. The van der Waals surface area contributed by atoms with Crippen LogP contribution in [0.3, 0.4) is 0 Å². The Balaban J connectivity index is 2.22. The summed E-state index contributed by atoms with van der Waals surface area (Å²) >= 11 is 0. The minimum Gasteiger partial charge on any atom is -0.272 e. The molecule has 0 saturated carbocycles. The van der Waals surface area contributed by atoms with Gasteiger partial charge >= 0.3 is 0 Å². The lowest BCUT2D eigenvalue weighted by molar-refractivity contribution is -0.479. The van der Waals surface area contributed by atoms with Gasteiger partial charge in [0.1, 0.15) is 0 Å². The molecule has 0 atom stereocenters. The first kappa shape index (κ1) is 11.3. The Bertz CT molecular complexity index is 520. The van der Waals surface area contributed by atoms with E-state index in [4.69, 9.17) is 0 Å². The van der Waals surface area contributed by atoms with E-state index in [9.17, 15) is 10.1 Å². The summed E-state index contributed by atoms with van der Waals surface area (Å²) in [7, 11) is 1.81. The summed E-state index contributed by atoms with van der Waals surface area (Å²) in [6, 6.07) is 11.7. The van der Waals surface area contributed by atoms with Crippen LogP contribution in [0.25, 0.3) is 11.3 Å². The van der Waals surface area contributed by atoms with Crippen LogP contribution in [0.15, 0.2) is 36.4 Å². The maximum atomic E-state index is 10.3. The van der Waals surface area contributed by atoms with Crippen LogP contribution < -0.4 is 0 Å². The van der Waals surface area contributed by atoms with Gasteiger partial charge in [-0.05, 0) is 6.07 Å². The average Bonchev–Trinajstić information content (AvgIpc) is 2.69. The summed E-state index contributed by atoms with van der Waals surface area (Å²) in [6.07, 6.45) is 0.406. The first-order valence-corrected chi connectivity index (χ1v) is 5.37. The van der Waals surface area contributed by atoms with E-state index in [1.54, 1.807) is 4.68 Å². The first-order valence-electron chi connectivity index (χ1n) is 5.37. The molecule has 1 aromatic carbocycles. The molecule has 0 spiro atoms. The van der Waals surface area contributed by atoms with Gasteiger partial charge in [-0.2, -0.15) is 5.10 Å². The molecule has 2 rings (SSSR count). The average molecular weight is 231 g/mol. The molecule has 5 nitrogen and oxygen atoms in total. The highest BCUT2D eigenvalue weighted by molar-refractivity contribution is 5.59. The van der Waals surface area contributed by atoms with Gasteiger partial charge in [0, 0.05) is 23.2 Å².